The Morgan fingerprint density at radius 1 is 1.10 bits per heavy atom. The SMILES string of the molecule is COc1cccc([C@H](O)CN2CCC3(CC2)C[C@H](O)c2ccc(OC)cc2O3)c1. The summed E-state index contributed by atoms with van der Waals surface area (Å²) in [6.07, 6.45) is 1.12. The molecule has 6 heteroatoms. The van der Waals surface area contributed by atoms with Crippen molar-refractivity contribution in [1.82, 2.24) is 4.90 Å². The molecule has 2 heterocycles. The van der Waals surface area contributed by atoms with Crippen molar-refractivity contribution in [2.24, 2.45) is 0 Å². The number of piperidine rings is 1. The molecule has 0 radical (unpaired) electrons. The normalized spacial score (nSPS) is 21.9. The monoisotopic (exact) mass is 399 g/mol. The van der Waals surface area contributed by atoms with E-state index in [9.17, 15) is 10.2 Å². The van der Waals surface area contributed by atoms with Crippen molar-refractivity contribution in [1.29, 1.82) is 0 Å². The van der Waals surface area contributed by atoms with Gasteiger partial charge < -0.3 is 29.3 Å². The highest BCUT2D eigenvalue weighted by Crippen LogP contribution is 2.45. The summed E-state index contributed by atoms with van der Waals surface area (Å²) in [5.41, 5.74) is 1.32. The van der Waals surface area contributed by atoms with E-state index >= 15 is 0 Å². The molecule has 0 aromatic heterocycles. The van der Waals surface area contributed by atoms with Crippen LogP contribution < -0.4 is 14.2 Å². The quantitative estimate of drug-likeness (QED) is 0.805. The van der Waals surface area contributed by atoms with Crippen LogP contribution in [0, 0.1) is 0 Å². The van der Waals surface area contributed by atoms with Crippen molar-refractivity contribution in [3.8, 4) is 17.2 Å². The number of benzene rings is 2. The first kappa shape index (κ1) is 20.0. The number of hydrogen-bond acceptors (Lipinski definition) is 6. The molecule has 0 bridgehead atoms. The number of methoxy groups -OCH3 is 2. The van der Waals surface area contributed by atoms with Gasteiger partial charge in [0, 0.05) is 37.7 Å². The average molecular weight is 399 g/mol. The van der Waals surface area contributed by atoms with Gasteiger partial charge in [-0.1, -0.05) is 12.1 Å². The third kappa shape index (κ3) is 4.20. The molecule has 6 nitrogen and oxygen atoms in total. The maximum absolute atomic E-state index is 10.7. The van der Waals surface area contributed by atoms with E-state index in [0.717, 1.165) is 48.6 Å². The molecule has 2 aromatic rings. The smallest absolute Gasteiger partial charge is 0.129 e. The van der Waals surface area contributed by atoms with Crippen LogP contribution >= 0.6 is 0 Å². The fourth-order valence-corrected chi connectivity index (χ4v) is 4.39. The lowest BCUT2D eigenvalue weighted by molar-refractivity contribution is -0.0588. The van der Waals surface area contributed by atoms with Gasteiger partial charge in [0.05, 0.1) is 26.4 Å². The second-order valence-corrected chi connectivity index (χ2v) is 8.00. The molecule has 4 rings (SSSR count). The number of aliphatic hydroxyl groups is 2. The van der Waals surface area contributed by atoms with Gasteiger partial charge in [-0.25, -0.2) is 0 Å². The highest BCUT2D eigenvalue weighted by atomic mass is 16.5. The summed E-state index contributed by atoms with van der Waals surface area (Å²) in [5.74, 6) is 2.19. The average Bonchev–Trinajstić information content (AvgIpc) is 2.75. The van der Waals surface area contributed by atoms with Crippen LogP contribution in [0.3, 0.4) is 0 Å². The number of nitrogens with zero attached hydrogens (tertiary/aromatic N) is 1. The van der Waals surface area contributed by atoms with E-state index in [1.165, 1.54) is 0 Å². The number of aliphatic hydroxyl groups excluding tert-OH is 2. The van der Waals surface area contributed by atoms with Crippen LogP contribution in [0.2, 0.25) is 0 Å². The number of hydrogen-bond donors (Lipinski definition) is 2. The topological polar surface area (TPSA) is 71.4 Å². The van der Waals surface area contributed by atoms with E-state index in [2.05, 4.69) is 4.90 Å². The minimum absolute atomic E-state index is 0.365. The summed E-state index contributed by atoms with van der Waals surface area (Å²) < 4.78 is 17.0. The molecular formula is C23H29NO5. The number of likely N-dealkylation sites (tertiary alicyclic amines) is 1. The molecule has 2 atom stereocenters. The fraction of sp³-hybridized carbons (Fsp3) is 0.478. The predicted octanol–water partition coefficient (Wildman–Crippen LogP) is 3.09. The van der Waals surface area contributed by atoms with Gasteiger partial charge in [-0.2, -0.15) is 0 Å². The van der Waals surface area contributed by atoms with Gasteiger partial charge >= 0.3 is 0 Å². The summed E-state index contributed by atoms with van der Waals surface area (Å²) in [5, 5.41) is 21.3. The van der Waals surface area contributed by atoms with E-state index in [4.69, 9.17) is 14.2 Å². The summed E-state index contributed by atoms with van der Waals surface area (Å²) in [6.45, 7) is 2.19. The molecule has 1 saturated heterocycles. The molecule has 0 unspecified atom stereocenters. The molecule has 1 spiro atoms. The van der Waals surface area contributed by atoms with Gasteiger partial charge in [0.2, 0.25) is 0 Å². The first-order chi connectivity index (χ1) is 14.0. The van der Waals surface area contributed by atoms with E-state index in [1.807, 2.05) is 42.5 Å². The second-order valence-electron chi connectivity index (χ2n) is 8.00. The van der Waals surface area contributed by atoms with Crippen LogP contribution in [0.5, 0.6) is 17.2 Å². The standard InChI is InChI=1S/C23H29NO5/c1-27-17-5-3-4-16(12-17)21(26)15-24-10-8-23(9-11-24)14-20(25)19-7-6-18(28-2)13-22(19)29-23/h3-7,12-13,20-21,25-26H,8-11,14-15H2,1-2H3/t20-,21+/m0/s1. The van der Waals surface area contributed by atoms with Crippen LogP contribution in [-0.2, 0) is 0 Å². The van der Waals surface area contributed by atoms with E-state index in [1.54, 1.807) is 14.2 Å². The molecule has 2 aliphatic rings. The lowest BCUT2D eigenvalue weighted by Gasteiger charge is -2.46. The highest BCUT2D eigenvalue weighted by Gasteiger charge is 2.43. The molecule has 2 aromatic carbocycles. The second kappa shape index (κ2) is 8.22. The Hall–Kier alpha value is -2.28. The van der Waals surface area contributed by atoms with Crippen molar-refractivity contribution in [3.63, 3.8) is 0 Å². The van der Waals surface area contributed by atoms with Gasteiger partial charge in [0.1, 0.15) is 22.8 Å². The van der Waals surface area contributed by atoms with Crippen molar-refractivity contribution in [2.45, 2.75) is 37.1 Å². The molecule has 29 heavy (non-hydrogen) atoms. The van der Waals surface area contributed by atoms with E-state index < -0.39 is 12.2 Å². The van der Waals surface area contributed by atoms with E-state index in [0.29, 0.717) is 18.7 Å². The Labute approximate surface area is 171 Å². The largest absolute Gasteiger partial charge is 0.497 e. The lowest BCUT2D eigenvalue weighted by atomic mass is 9.81. The third-order valence-electron chi connectivity index (χ3n) is 6.15. The van der Waals surface area contributed by atoms with Gasteiger partial charge in [0.15, 0.2) is 0 Å². The Kier molecular flexibility index (Phi) is 5.67. The third-order valence-corrected chi connectivity index (χ3v) is 6.15. The van der Waals surface area contributed by atoms with Gasteiger partial charge in [-0.05, 0) is 42.7 Å². The first-order valence-electron chi connectivity index (χ1n) is 10.1. The molecule has 1 fully saturated rings. The summed E-state index contributed by atoms with van der Waals surface area (Å²) >= 11 is 0. The Balaban J connectivity index is 1.40. The molecule has 0 saturated carbocycles. The zero-order chi connectivity index (χ0) is 20.4. The Bertz CT molecular complexity index is 847. The highest BCUT2D eigenvalue weighted by molar-refractivity contribution is 5.44. The van der Waals surface area contributed by atoms with E-state index in [-0.39, 0.29) is 5.60 Å². The fourth-order valence-electron chi connectivity index (χ4n) is 4.39. The molecule has 2 N–H and O–H groups in total. The number of β-amino-alcohol motifs (C(OH)–C–C–N with tert-alkyl or cyclic N) is 1. The van der Waals surface area contributed by atoms with Gasteiger partial charge in [0.25, 0.3) is 0 Å². The Morgan fingerprint density at radius 2 is 1.83 bits per heavy atom. The maximum atomic E-state index is 10.7. The minimum Gasteiger partial charge on any atom is -0.497 e. The molecular weight excluding hydrogens is 370 g/mol. The van der Waals surface area contributed by atoms with Crippen LogP contribution in [0.25, 0.3) is 0 Å². The van der Waals surface area contributed by atoms with Crippen molar-refractivity contribution in [2.75, 3.05) is 33.9 Å². The van der Waals surface area contributed by atoms with Crippen molar-refractivity contribution >= 4 is 0 Å². The first-order valence-corrected chi connectivity index (χ1v) is 10.1. The van der Waals surface area contributed by atoms with Crippen LogP contribution in [0.1, 0.15) is 42.6 Å². The van der Waals surface area contributed by atoms with Crippen LogP contribution in [0.15, 0.2) is 42.5 Å². The van der Waals surface area contributed by atoms with Crippen LogP contribution in [0.4, 0.5) is 0 Å². The Morgan fingerprint density at radius 3 is 2.55 bits per heavy atom. The molecule has 0 aliphatic carbocycles. The summed E-state index contributed by atoms with van der Waals surface area (Å²) in [6, 6.07) is 13.2. The van der Waals surface area contributed by atoms with Crippen molar-refractivity contribution < 1.29 is 24.4 Å². The zero-order valence-electron chi connectivity index (χ0n) is 17.0. The van der Waals surface area contributed by atoms with Gasteiger partial charge in [-0.15, -0.1) is 0 Å². The predicted molar refractivity (Wildman–Crippen MR) is 110 cm³/mol. The minimum atomic E-state index is -0.568. The summed E-state index contributed by atoms with van der Waals surface area (Å²) in [7, 11) is 3.25. The molecule has 156 valence electrons. The van der Waals surface area contributed by atoms with Crippen molar-refractivity contribution in [3.05, 3.63) is 53.6 Å². The van der Waals surface area contributed by atoms with Crippen LogP contribution in [-0.4, -0.2) is 54.6 Å². The molecule has 0 amide bonds. The van der Waals surface area contributed by atoms with Gasteiger partial charge in [-0.3, -0.25) is 0 Å². The zero-order valence-corrected chi connectivity index (χ0v) is 17.0. The summed E-state index contributed by atoms with van der Waals surface area (Å²) in [4.78, 5) is 2.26. The maximum Gasteiger partial charge on any atom is 0.129 e. The number of fused-ring (bicyclic) bond motifs is 1. The number of ether oxygens (including phenoxy) is 3. The lowest BCUT2D eigenvalue weighted by Crippen LogP contribution is -2.51. The molecule has 2 aliphatic heterocycles. The number of rotatable bonds is 5.